The van der Waals surface area contributed by atoms with Gasteiger partial charge >= 0.3 is 0 Å². The number of hydrogen-bond acceptors (Lipinski definition) is 3. The van der Waals surface area contributed by atoms with Crippen molar-refractivity contribution >= 4 is 16.6 Å². The fraction of sp³-hybridized carbons (Fsp3) is 0.0588. The van der Waals surface area contributed by atoms with Crippen LogP contribution in [0.15, 0.2) is 60.9 Å². The highest BCUT2D eigenvalue weighted by Crippen LogP contribution is 2.27. The standard InChI is InChI=1S/C17H12FN3O/c18-13-7-5-12(6-8-13)10-22-16-9-17-20-19-11-21(17)15-4-2-1-3-14(15)16/h1-9,11H,10H2. The SMILES string of the molecule is Fc1ccc(COc2cc3nncn3c3ccccc23)cc1. The second-order valence-electron chi connectivity index (χ2n) is 5.00. The van der Waals surface area contributed by atoms with Gasteiger partial charge in [-0.05, 0) is 29.8 Å². The number of aromatic nitrogens is 3. The zero-order valence-corrected chi connectivity index (χ0v) is 11.6. The van der Waals surface area contributed by atoms with E-state index in [1.165, 1.54) is 12.1 Å². The summed E-state index contributed by atoms with van der Waals surface area (Å²) in [5, 5.41) is 9.00. The van der Waals surface area contributed by atoms with Gasteiger partial charge in [-0.15, -0.1) is 10.2 Å². The molecule has 2 aromatic carbocycles. The molecule has 0 amide bonds. The van der Waals surface area contributed by atoms with E-state index < -0.39 is 0 Å². The lowest BCUT2D eigenvalue weighted by molar-refractivity contribution is 0.310. The molecule has 2 aromatic heterocycles. The van der Waals surface area contributed by atoms with E-state index in [0.29, 0.717) is 6.61 Å². The summed E-state index contributed by atoms with van der Waals surface area (Å²) in [5.41, 5.74) is 2.62. The average Bonchev–Trinajstić information content (AvgIpc) is 3.03. The molecule has 108 valence electrons. The van der Waals surface area contributed by atoms with Crippen molar-refractivity contribution in [2.45, 2.75) is 6.61 Å². The molecular weight excluding hydrogens is 281 g/mol. The van der Waals surface area contributed by atoms with Crippen LogP contribution in [0.4, 0.5) is 4.39 Å². The molecule has 22 heavy (non-hydrogen) atoms. The first-order valence-electron chi connectivity index (χ1n) is 6.90. The molecular formula is C17H12FN3O. The first kappa shape index (κ1) is 12.8. The number of para-hydroxylation sites is 1. The van der Waals surface area contributed by atoms with Crippen molar-refractivity contribution in [3.05, 3.63) is 72.3 Å². The molecule has 0 fully saturated rings. The van der Waals surface area contributed by atoms with Crippen LogP contribution in [0.2, 0.25) is 0 Å². The molecule has 0 N–H and O–H groups in total. The van der Waals surface area contributed by atoms with E-state index >= 15 is 0 Å². The number of pyridine rings is 1. The highest BCUT2D eigenvalue weighted by Gasteiger charge is 2.08. The zero-order valence-electron chi connectivity index (χ0n) is 11.6. The summed E-state index contributed by atoms with van der Waals surface area (Å²) in [6.45, 7) is 0.370. The fourth-order valence-corrected chi connectivity index (χ4v) is 2.48. The molecule has 4 rings (SSSR count). The van der Waals surface area contributed by atoms with Crippen molar-refractivity contribution in [1.29, 1.82) is 0 Å². The lowest BCUT2D eigenvalue weighted by atomic mass is 10.2. The minimum atomic E-state index is -0.251. The normalized spacial score (nSPS) is 11.1. The van der Waals surface area contributed by atoms with E-state index in [0.717, 1.165) is 27.9 Å². The molecule has 2 heterocycles. The van der Waals surface area contributed by atoms with Crippen LogP contribution in [0, 0.1) is 5.82 Å². The molecule has 0 unspecified atom stereocenters. The molecule has 0 aliphatic carbocycles. The van der Waals surface area contributed by atoms with Gasteiger partial charge in [-0.25, -0.2) is 4.39 Å². The summed E-state index contributed by atoms with van der Waals surface area (Å²) in [5.74, 6) is 0.486. The molecule has 0 saturated carbocycles. The van der Waals surface area contributed by atoms with E-state index in [9.17, 15) is 4.39 Å². The highest BCUT2D eigenvalue weighted by molar-refractivity contribution is 5.88. The number of benzene rings is 2. The molecule has 0 atom stereocenters. The molecule has 0 bridgehead atoms. The van der Waals surface area contributed by atoms with Crippen molar-refractivity contribution in [3.8, 4) is 5.75 Å². The molecule has 0 spiro atoms. The van der Waals surface area contributed by atoms with E-state index in [1.54, 1.807) is 18.5 Å². The molecule has 0 saturated heterocycles. The quantitative estimate of drug-likeness (QED) is 0.579. The van der Waals surface area contributed by atoms with Crippen molar-refractivity contribution in [2.75, 3.05) is 0 Å². The van der Waals surface area contributed by atoms with Gasteiger partial charge in [0, 0.05) is 11.5 Å². The number of rotatable bonds is 3. The maximum absolute atomic E-state index is 12.9. The van der Waals surface area contributed by atoms with Gasteiger partial charge in [-0.3, -0.25) is 4.40 Å². The Labute approximate surface area is 125 Å². The largest absolute Gasteiger partial charge is 0.488 e. The lowest BCUT2D eigenvalue weighted by Gasteiger charge is -2.10. The third-order valence-electron chi connectivity index (χ3n) is 3.57. The Kier molecular flexibility index (Phi) is 2.96. The van der Waals surface area contributed by atoms with Crippen molar-refractivity contribution in [3.63, 3.8) is 0 Å². The first-order valence-corrected chi connectivity index (χ1v) is 6.90. The maximum Gasteiger partial charge on any atom is 0.164 e. The predicted molar refractivity (Wildman–Crippen MR) is 81.2 cm³/mol. The summed E-state index contributed by atoms with van der Waals surface area (Å²) in [6.07, 6.45) is 1.68. The summed E-state index contributed by atoms with van der Waals surface area (Å²) in [7, 11) is 0. The Morgan fingerprint density at radius 3 is 2.73 bits per heavy atom. The van der Waals surface area contributed by atoms with Gasteiger partial charge in [0.1, 0.15) is 24.5 Å². The number of ether oxygens (including phenoxy) is 1. The van der Waals surface area contributed by atoms with Crippen LogP contribution in [-0.2, 0) is 6.61 Å². The van der Waals surface area contributed by atoms with Gasteiger partial charge in [0.2, 0.25) is 0 Å². The van der Waals surface area contributed by atoms with Gasteiger partial charge in [0.05, 0.1) is 5.52 Å². The molecule has 4 aromatic rings. The van der Waals surface area contributed by atoms with Crippen LogP contribution < -0.4 is 4.74 Å². The fourth-order valence-electron chi connectivity index (χ4n) is 2.48. The third-order valence-corrected chi connectivity index (χ3v) is 3.57. The van der Waals surface area contributed by atoms with Crippen molar-refractivity contribution in [1.82, 2.24) is 14.6 Å². The Hall–Kier alpha value is -2.95. The second-order valence-corrected chi connectivity index (χ2v) is 5.00. The molecule has 0 aliphatic rings. The molecule has 5 heteroatoms. The van der Waals surface area contributed by atoms with Crippen LogP contribution in [0.5, 0.6) is 5.75 Å². The molecule has 0 radical (unpaired) electrons. The first-order chi connectivity index (χ1) is 10.8. The monoisotopic (exact) mass is 293 g/mol. The smallest absolute Gasteiger partial charge is 0.164 e. The van der Waals surface area contributed by atoms with Crippen LogP contribution in [0.1, 0.15) is 5.56 Å². The van der Waals surface area contributed by atoms with Gasteiger partial charge in [0.15, 0.2) is 5.65 Å². The van der Waals surface area contributed by atoms with Gasteiger partial charge in [0.25, 0.3) is 0 Å². The molecule has 0 aliphatic heterocycles. The average molecular weight is 293 g/mol. The van der Waals surface area contributed by atoms with Crippen LogP contribution >= 0.6 is 0 Å². The van der Waals surface area contributed by atoms with E-state index in [4.69, 9.17) is 4.74 Å². The van der Waals surface area contributed by atoms with E-state index in [1.807, 2.05) is 34.7 Å². The predicted octanol–water partition coefficient (Wildman–Crippen LogP) is 3.60. The van der Waals surface area contributed by atoms with Gasteiger partial charge in [-0.2, -0.15) is 0 Å². The maximum atomic E-state index is 12.9. The lowest BCUT2D eigenvalue weighted by Crippen LogP contribution is -1.98. The Morgan fingerprint density at radius 1 is 1.05 bits per heavy atom. The highest BCUT2D eigenvalue weighted by atomic mass is 19.1. The second kappa shape index (κ2) is 5.11. The Bertz CT molecular complexity index is 947. The van der Waals surface area contributed by atoms with Crippen LogP contribution in [0.3, 0.4) is 0 Å². The number of hydrogen-bond donors (Lipinski definition) is 0. The van der Waals surface area contributed by atoms with E-state index in [-0.39, 0.29) is 5.82 Å². The molecule has 4 nitrogen and oxygen atoms in total. The van der Waals surface area contributed by atoms with Crippen molar-refractivity contribution in [2.24, 2.45) is 0 Å². The van der Waals surface area contributed by atoms with Crippen molar-refractivity contribution < 1.29 is 9.13 Å². The zero-order chi connectivity index (χ0) is 14.9. The Balaban J connectivity index is 1.74. The minimum Gasteiger partial charge on any atom is -0.488 e. The van der Waals surface area contributed by atoms with E-state index in [2.05, 4.69) is 10.2 Å². The van der Waals surface area contributed by atoms with Crippen LogP contribution in [0.25, 0.3) is 16.6 Å². The number of nitrogens with zero attached hydrogens (tertiary/aromatic N) is 3. The van der Waals surface area contributed by atoms with Crippen LogP contribution in [-0.4, -0.2) is 14.6 Å². The summed E-state index contributed by atoms with van der Waals surface area (Å²) in [6, 6.07) is 16.1. The number of fused-ring (bicyclic) bond motifs is 3. The summed E-state index contributed by atoms with van der Waals surface area (Å²) < 4.78 is 20.8. The topological polar surface area (TPSA) is 39.4 Å². The minimum absolute atomic E-state index is 0.251. The third kappa shape index (κ3) is 2.16. The van der Waals surface area contributed by atoms with Gasteiger partial charge < -0.3 is 4.74 Å². The Morgan fingerprint density at radius 2 is 1.86 bits per heavy atom. The summed E-state index contributed by atoms with van der Waals surface area (Å²) in [4.78, 5) is 0. The van der Waals surface area contributed by atoms with Gasteiger partial charge in [-0.1, -0.05) is 24.3 Å². The summed E-state index contributed by atoms with van der Waals surface area (Å²) >= 11 is 0. The number of halogens is 1.